The number of fused-ring (bicyclic) bond motifs is 3. The summed E-state index contributed by atoms with van der Waals surface area (Å²) in [5, 5.41) is 10.1. The molecule has 7 nitrogen and oxygen atoms in total. The summed E-state index contributed by atoms with van der Waals surface area (Å²) in [5.41, 5.74) is 13.4. The number of aryl methyl sites for hydroxylation is 1. The number of rotatable bonds is 4. The molecule has 7 rings (SSSR count). The highest BCUT2D eigenvalue weighted by Gasteiger charge is 2.34. The van der Waals surface area contributed by atoms with Crippen LogP contribution in [0.5, 0.6) is 0 Å². The third-order valence-electron chi connectivity index (χ3n) is 7.42. The standard InChI is InChI=1S/C29H25N6O/c1-19-25(18-32-36-19)27-33-35(23-10-8-22(9-11-23)29(30)13-5-14-29)28-24-16-21(20-6-3-2-4-7-20)17-31-26(24)12-15-34(27)28/h2-4,6-12,15-18H,5,13-14,30H2,1H3/q+1. The Balaban J connectivity index is 1.49. The summed E-state index contributed by atoms with van der Waals surface area (Å²) < 4.78 is 9.45. The van der Waals surface area contributed by atoms with E-state index in [9.17, 15) is 0 Å². The van der Waals surface area contributed by atoms with Gasteiger partial charge in [-0.05, 0) is 61.6 Å². The zero-order valence-electron chi connectivity index (χ0n) is 19.9. The van der Waals surface area contributed by atoms with Gasteiger partial charge in [-0.15, -0.1) is 0 Å². The molecule has 2 aromatic carbocycles. The van der Waals surface area contributed by atoms with E-state index in [1.54, 1.807) is 6.20 Å². The van der Waals surface area contributed by atoms with Gasteiger partial charge in [0.05, 0.1) is 28.4 Å². The van der Waals surface area contributed by atoms with Crippen molar-refractivity contribution in [2.45, 2.75) is 31.7 Å². The molecule has 2 N–H and O–H groups in total. The van der Waals surface area contributed by atoms with Crippen LogP contribution < -0.4 is 10.1 Å². The Kier molecular flexibility index (Phi) is 4.56. The van der Waals surface area contributed by atoms with E-state index in [0.717, 1.165) is 63.4 Å². The van der Waals surface area contributed by atoms with E-state index in [1.165, 1.54) is 12.0 Å². The maximum absolute atomic E-state index is 6.58. The fourth-order valence-corrected chi connectivity index (χ4v) is 5.16. The van der Waals surface area contributed by atoms with Gasteiger partial charge in [0.25, 0.3) is 5.65 Å². The van der Waals surface area contributed by atoms with Crippen LogP contribution in [0.2, 0.25) is 0 Å². The van der Waals surface area contributed by atoms with Crippen molar-refractivity contribution in [1.29, 1.82) is 0 Å². The van der Waals surface area contributed by atoms with E-state index >= 15 is 0 Å². The second-order valence-corrected chi connectivity index (χ2v) is 9.62. The van der Waals surface area contributed by atoms with Gasteiger partial charge in [0.2, 0.25) is 0 Å². The molecule has 1 fully saturated rings. The van der Waals surface area contributed by atoms with Gasteiger partial charge in [0.1, 0.15) is 17.0 Å². The van der Waals surface area contributed by atoms with E-state index in [4.69, 9.17) is 20.3 Å². The van der Waals surface area contributed by atoms with Gasteiger partial charge in [-0.25, -0.2) is 0 Å². The third kappa shape index (κ3) is 3.17. The van der Waals surface area contributed by atoms with Crippen LogP contribution in [-0.2, 0) is 5.54 Å². The molecule has 0 aliphatic heterocycles. The highest BCUT2D eigenvalue weighted by molar-refractivity contribution is 5.93. The molecule has 0 unspecified atom stereocenters. The lowest BCUT2D eigenvalue weighted by Crippen LogP contribution is -2.43. The van der Waals surface area contributed by atoms with E-state index in [-0.39, 0.29) is 5.54 Å². The molecular formula is C29H25N6O+. The van der Waals surface area contributed by atoms with Crippen LogP contribution in [-0.4, -0.2) is 19.9 Å². The molecule has 0 atom stereocenters. The first-order valence-electron chi connectivity index (χ1n) is 12.2. The van der Waals surface area contributed by atoms with E-state index in [0.29, 0.717) is 0 Å². The van der Waals surface area contributed by atoms with Crippen molar-refractivity contribution >= 4 is 16.6 Å². The lowest BCUT2D eigenvalue weighted by atomic mass is 9.73. The van der Waals surface area contributed by atoms with Crippen LogP contribution in [0.1, 0.15) is 30.6 Å². The molecule has 4 aromatic heterocycles. The SMILES string of the molecule is Cc1oncc1-c1nn(-c2ccc(C3(N)CCC3)cc2)c2c3cc(-c4ccccc4)cnc3cc[n+]12. The largest absolute Gasteiger partial charge is 0.361 e. The van der Waals surface area contributed by atoms with Crippen LogP contribution in [0.4, 0.5) is 0 Å². The molecular weight excluding hydrogens is 448 g/mol. The van der Waals surface area contributed by atoms with Gasteiger partial charge in [-0.3, -0.25) is 4.98 Å². The summed E-state index contributed by atoms with van der Waals surface area (Å²) in [6.07, 6.45) is 8.90. The summed E-state index contributed by atoms with van der Waals surface area (Å²) in [6.45, 7) is 1.90. The molecule has 0 spiro atoms. The second-order valence-electron chi connectivity index (χ2n) is 9.62. The van der Waals surface area contributed by atoms with Crippen LogP contribution in [0.3, 0.4) is 0 Å². The molecule has 0 saturated heterocycles. The van der Waals surface area contributed by atoms with Crippen LogP contribution in [0.25, 0.3) is 44.8 Å². The molecule has 0 radical (unpaired) electrons. The highest BCUT2D eigenvalue weighted by atomic mass is 16.5. The molecule has 7 heteroatoms. The Morgan fingerprint density at radius 2 is 1.78 bits per heavy atom. The fourth-order valence-electron chi connectivity index (χ4n) is 5.16. The summed E-state index contributed by atoms with van der Waals surface area (Å²) in [4.78, 5) is 4.80. The molecule has 1 aliphatic rings. The molecule has 36 heavy (non-hydrogen) atoms. The summed E-state index contributed by atoms with van der Waals surface area (Å²) in [7, 11) is 0. The summed E-state index contributed by atoms with van der Waals surface area (Å²) in [5.74, 6) is 1.48. The third-order valence-corrected chi connectivity index (χ3v) is 7.42. The minimum absolute atomic E-state index is 0.203. The molecule has 4 heterocycles. The van der Waals surface area contributed by atoms with Crippen molar-refractivity contribution < 1.29 is 8.92 Å². The van der Waals surface area contributed by atoms with Crippen molar-refractivity contribution in [2.24, 2.45) is 5.73 Å². The zero-order valence-corrected chi connectivity index (χ0v) is 19.9. The van der Waals surface area contributed by atoms with Gasteiger partial charge < -0.3 is 10.3 Å². The number of pyridine rings is 2. The highest BCUT2D eigenvalue weighted by Crippen LogP contribution is 2.39. The number of nitrogens with zero attached hydrogens (tertiary/aromatic N) is 5. The predicted molar refractivity (Wildman–Crippen MR) is 137 cm³/mol. The van der Waals surface area contributed by atoms with Crippen molar-refractivity contribution in [2.75, 3.05) is 0 Å². The molecule has 176 valence electrons. The topological polar surface area (TPSA) is 86.9 Å². The normalized spacial score (nSPS) is 14.8. The lowest BCUT2D eigenvalue weighted by Gasteiger charge is -2.38. The smallest absolute Gasteiger partial charge is 0.319 e. The number of nitrogens with two attached hydrogens (primary N) is 1. The first kappa shape index (κ1) is 21.0. The van der Waals surface area contributed by atoms with E-state index in [2.05, 4.69) is 52.0 Å². The Morgan fingerprint density at radius 3 is 2.47 bits per heavy atom. The van der Waals surface area contributed by atoms with Crippen LogP contribution in [0.15, 0.2) is 89.8 Å². The van der Waals surface area contributed by atoms with Gasteiger partial charge >= 0.3 is 5.82 Å². The van der Waals surface area contributed by atoms with Crippen molar-refractivity contribution in [1.82, 2.24) is 19.9 Å². The molecule has 0 bridgehead atoms. The second kappa shape index (κ2) is 7.83. The number of hydrogen-bond donors (Lipinski definition) is 1. The zero-order chi connectivity index (χ0) is 24.3. The van der Waals surface area contributed by atoms with Gasteiger partial charge in [-0.1, -0.05) is 52.3 Å². The van der Waals surface area contributed by atoms with Gasteiger partial charge in [0, 0.05) is 17.3 Å². The van der Waals surface area contributed by atoms with Crippen molar-refractivity contribution in [3.05, 3.63) is 96.6 Å². The average molecular weight is 474 g/mol. The number of benzene rings is 2. The van der Waals surface area contributed by atoms with Crippen LogP contribution >= 0.6 is 0 Å². The lowest BCUT2D eigenvalue weighted by molar-refractivity contribution is -0.498. The van der Waals surface area contributed by atoms with Gasteiger partial charge in [0.15, 0.2) is 0 Å². The monoisotopic (exact) mass is 473 g/mol. The maximum atomic E-state index is 6.58. The van der Waals surface area contributed by atoms with Crippen molar-refractivity contribution in [3.63, 3.8) is 0 Å². The number of hydrogen-bond acceptors (Lipinski definition) is 5. The van der Waals surface area contributed by atoms with Crippen LogP contribution in [0, 0.1) is 6.92 Å². The molecule has 6 aromatic rings. The Morgan fingerprint density at radius 1 is 0.972 bits per heavy atom. The van der Waals surface area contributed by atoms with Gasteiger partial charge in [-0.2, -0.15) is 4.40 Å². The summed E-state index contributed by atoms with van der Waals surface area (Å²) in [6, 6.07) is 23.0. The quantitative estimate of drug-likeness (QED) is 0.359. The Labute approximate surface area is 207 Å². The first-order chi connectivity index (χ1) is 17.6. The maximum Gasteiger partial charge on any atom is 0.319 e. The first-order valence-corrected chi connectivity index (χ1v) is 12.2. The predicted octanol–water partition coefficient (Wildman–Crippen LogP) is 5.13. The number of aromatic nitrogens is 5. The minimum atomic E-state index is -0.203. The molecule has 1 aliphatic carbocycles. The Bertz CT molecular complexity index is 1730. The average Bonchev–Trinajstić information content (AvgIpc) is 3.51. The molecule has 1 saturated carbocycles. The Hall–Kier alpha value is -4.36. The fraction of sp³-hybridized carbons (Fsp3) is 0.172. The minimum Gasteiger partial charge on any atom is -0.361 e. The van der Waals surface area contributed by atoms with Crippen molar-refractivity contribution in [3.8, 4) is 28.2 Å². The van der Waals surface area contributed by atoms with E-state index < -0.39 is 0 Å². The van der Waals surface area contributed by atoms with E-state index in [1.807, 2.05) is 48.3 Å². The summed E-state index contributed by atoms with van der Waals surface area (Å²) >= 11 is 0. The molecule has 0 amide bonds.